The van der Waals surface area contributed by atoms with Gasteiger partial charge in [0.1, 0.15) is 11.5 Å². The van der Waals surface area contributed by atoms with E-state index in [1.54, 1.807) is 48.7 Å². The molecule has 22 heavy (non-hydrogen) atoms. The summed E-state index contributed by atoms with van der Waals surface area (Å²) in [5, 5.41) is 11.2. The molecule has 1 heterocycles. The molecular formula is C17H16N2O3. The van der Waals surface area contributed by atoms with E-state index in [2.05, 4.69) is 11.4 Å². The Morgan fingerprint density at radius 1 is 1.36 bits per heavy atom. The lowest BCUT2D eigenvalue weighted by molar-refractivity contribution is -0.111. The third-order valence-corrected chi connectivity index (χ3v) is 2.75. The van der Waals surface area contributed by atoms with Crippen LogP contribution in [0, 0.1) is 11.3 Å². The molecule has 112 valence electrons. The van der Waals surface area contributed by atoms with Crippen LogP contribution in [0.15, 0.2) is 53.2 Å². The molecule has 0 atom stereocenters. The first-order chi connectivity index (χ1) is 10.8. The normalized spacial score (nSPS) is 10.3. The van der Waals surface area contributed by atoms with Gasteiger partial charge in [-0.1, -0.05) is 6.07 Å². The molecule has 0 aliphatic rings. The first-order valence-electron chi connectivity index (χ1n) is 6.90. The SMILES string of the molecule is N#CCCCOc1cccc(NC(=O)/C=C/c2ccco2)c1. The summed E-state index contributed by atoms with van der Waals surface area (Å²) in [7, 11) is 0. The molecule has 0 saturated heterocycles. The second-order valence-electron chi connectivity index (χ2n) is 4.48. The highest BCUT2D eigenvalue weighted by atomic mass is 16.5. The van der Waals surface area contributed by atoms with E-state index in [0.717, 1.165) is 0 Å². The lowest BCUT2D eigenvalue weighted by atomic mass is 10.3. The van der Waals surface area contributed by atoms with Crippen molar-refractivity contribution in [1.82, 2.24) is 0 Å². The molecule has 0 aliphatic carbocycles. The van der Waals surface area contributed by atoms with Crippen molar-refractivity contribution in [2.24, 2.45) is 0 Å². The number of nitrogens with one attached hydrogen (secondary N) is 1. The van der Waals surface area contributed by atoms with Crippen LogP contribution in [0.2, 0.25) is 0 Å². The number of amides is 1. The Balaban J connectivity index is 1.87. The summed E-state index contributed by atoms with van der Waals surface area (Å²) in [6.45, 7) is 0.476. The third kappa shape index (κ3) is 5.17. The number of ether oxygens (including phenoxy) is 1. The topological polar surface area (TPSA) is 75.3 Å². The van der Waals surface area contributed by atoms with Crippen molar-refractivity contribution in [1.29, 1.82) is 5.26 Å². The fourth-order valence-electron chi connectivity index (χ4n) is 1.73. The largest absolute Gasteiger partial charge is 0.493 e. The number of rotatable bonds is 7. The van der Waals surface area contributed by atoms with Gasteiger partial charge in [-0.2, -0.15) is 5.26 Å². The maximum Gasteiger partial charge on any atom is 0.248 e. The fraction of sp³-hybridized carbons (Fsp3) is 0.176. The average molecular weight is 296 g/mol. The summed E-state index contributed by atoms with van der Waals surface area (Å²) in [5.41, 5.74) is 0.645. The third-order valence-electron chi connectivity index (χ3n) is 2.75. The second-order valence-corrected chi connectivity index (χ2v) is 4.48. The second kappa shape index (κ2) is 8.32. The van der Waals surface area contributed by atoms with E-state index in [4.69, 9.17) is 14.4 Å². The molecule has 1 N–H and O–H groups in total. The number of benzene rings is 1. The number of carbonyl (C=O) groups excluding carboxylic acids is 1. The molecule has 1 aromatic heterocycles. The number of furan rings is 1. The Morgan fingerprint density at radius 3 is 3.05 bits per heavy atom. The molecule has 2 aromatic rings. The lowest BCUT2D eigenvalue weighted by Gasteiger charge is -2.07. The molecule has 0 bridgehead atoms. The molecule has 2 rings (SSSR count). The Kier molecular flexibility index (Phi) is 5.82. The van der Waals surface area contributed by atoms with Crippen molar-refractivity contribution in [2.45, 2.75) is 12.8 Å². The zero-order chi connectivity index (χ0) is 15.6. The molecule has 0 radical (unpaired) electrons. The minimum atomic E-state index is -0.252. The highest BCUT2D eigenvalue weighted by molar-refractivity contribution is 6.01. The van der Waals surface area contributed by atoms with Gasteiger partial charge < -0.3 is 14.5 Å². The average Bonchev–Trinajstić information content (AvgIpc) is 3.03. The molecule has 0 fully saturated rings. The number of carbonyl (C=O) groups is 1. The smallest absolute Gasteiger partial charge is 0.248 e. The lowest BCUT2D eigenvalue weighted by Crippen LogP contribution is -2.07. The maximum atomic E-state index is 11.8. The number of hydrogen-bond donors (Lipinski definition) is 1. The Hall–Kier alpha value is -3.00. The van der Waals surface area contributed by atoms with Crippen molar-refractivity contribution in [3.8, 4) is 11.8 Å². The van der Waals surface area contributed by atoms with Gasteiger partial charge in [-0.15, -0.1) is 0 Å². The van der Waals surface area contributed by atoms with Gasteiger partial charge in [-0.05, 0) is 36.8 Å². The molecule has 1 aromatic carbocycles. The van der Waals surface area contributed by atoms with Gasteiger partial charge in [0.25, 0.3) is 0 Å². The van der Waals surface area contributed by atoms with Crippen LogP contribution in [0.5, 0.6) is 5.75 Å². The number of unbranched alkanes of at least 4 members (excludes halogenated alkanes) is 1. The van der Waals surface area contributed by atoms with Gasteiger partial charge in [-0.25, -0.2) is 0 Å². The molecular weight excluding hydrogens is 280 g/mol. The molecule has 0 saturated carbocycles. The predicted molar refractivity (Wildman–Crippen MR) is 83.2 cm³/mol. The maximum absolute atomic E-state index is 11.8. The van der Waals surface area contributed by atoms with Crippen LogP contribution in [0.1, 0.15) is 18.6 Å². The van der Waals surface area contributed by atoms with Crippen LogP contribution in [0.4, 0.5) is 5.69 Å². The van der Waals surface area contributed by atoms with E-state index >= 15 is 0 Å². The Bertz CT molecular complexity index is 669. The zero-order valence-corrected chi connectivity index (χ0v) is 12.0. The van der Waals surface area contributed by atoms with Crippen LogP contribution in [-0.2, 0) is 4.79 Å². The zero-order valence-electron chi connectivity index (χ0n) is 12.0. The fourth-order valence-corrected chi connectivity index (χ4v) is 1.73. The molecule has 1 amide bonds. The Labute approximate surface area is 128 Å². The van der Waals surface area contributed by atoms with Crippen LogP contribution < -0.4 is 10.1 Å². The van der Waals surface area contributed by atoms with Gasteiger partial charge >= 0.3 is 0 Å². The van der Waals surface area contributed by atoms with E-state index in [1.165, 1.54) is 6.08 Å². The monoisotopic (exact) mass is 296 g/mol. The van der Waals surface area contributed by atoms with E-state index in [1.807, 2.05) is 0 Å². The minimum absolute atomic E-state index is 0.252. The Morgan fingerprint density at radius 2 is 2.27 bits per heavy atom. The quantitative estimate of drug-likeness (QED) is 0.625. The summed E-state index contributed by atoms with van der Waals surface area (Å²) in [6, 6.07) is 12.7. The van der Waals surface area contributed by atoms with Crippen molar-refractivity contribution >= 4 is 17.7 Å². The molecule has 0 aliphatic heterocycles. The molecule has 5 nitrogen and oxygen atoms in total. The summed E-state index contributed by atoms with van der Waals surface area (Å²) >= 11 is 0. The number of anilines is 1. The summed E-state index contributed by atoms with van der Waals surface area (Å²) in [4.78, 5) is 11.8. The van der Waals surface area contributed by atoms with Gasteiger partial charge in [0, 0.05) is 24.3 Å². The standard InChI is InChI=1S/C17H16N2O3/c18-10-1-2-11-22-16-6-3-5-14(13-16)19-17(20)9-8-15-7-4-12-21-15/h3-9,12-13H,1-2,11H2,(H,19,20)/b9-8+. The van der Waals surface area contributed by atoms with Crippen LogP contribution >= 0.6 is 0 Å². The van der Waals surface area contributed by atoms with Crippen molar-refractivity contribution in [3.05, 3.63) is 54.5 Å². The van der Waals surface area contributed by atoms with Crippen molar-refractivity contribution < 1.29 is 13.9 Å². The van der Waals surface area contributed by atoms with E-state index in [0.29, 0.717) is 36.6 Å². The minimum Gasteiger partial charge on any atom is -0.493 e. The van der Waals surface area contributed by atoms with Gasteiger partial charge in [0.15, 0.2) is 0 Å². The van der Waals surface area contributed by atoms with E-state index in [9.17, 15) is 4.79 Å². The molecule has 5 heteroatoms. The molecule has 0 unspecified atom stereocenters. The highest BCUT2D eigenvalue weighted by Crippen LogP contribution is 2.17. The first kappa shape index (κ1) is 15.4. The summed E-state index contributed by atoms with van der Waals surface area (Å²) < 4.78 is 10.6. The highest BCUT2D eigenvalue weighted by Gasteiger charge is 2.01. The van der Waals surface area contributed by atoms with Crippen molar-refractivity contribution in [2.75, 3.05) is 11.9 Å². The number of hydrogen-bond acceptors (Lipinski definition) is 4. The summed E-state index contributed by atoms with van der Waals surface area (Å²) in [6.07, 6.45) is 5.69. The van der Waals surface area contributed by atoms with Gasteiger partial charge in [0.2, 0.25) is 5.91 Å². The van der Waals surface area contributed by atoms with Crippen LogP contribution in [0.25, 0.3) is 6.08 Å². The number of nitriles is 1. The number of nitrogens with zero attached hydrogens (tertiary/aromatic N) is 1. The summed E-state index contributed by atoms with van der Waals surface area (Å²) in [5.74, 6) is 1.02. The van der Waals surface area contributed by atoms with Gasteiger partial charge in [0.05, 0.1) is 18.9 Å². The predicted octanol–water partition coefficient (Wildman–Crippen LogP) is 3.61. The van der Waals surface area contributed by atoms with Crippen molar-refractivity contribution in [3.63, 3.8) is 0 Å². The van der Waals surface area contributed by atoms with E-state index < -0.39 is 0 Å². The van der Waals surface area contributed by atoms with E-state index in [-0.39, 0.29) is 5.91 Å². The molecule has 0 spiro atoms. The van der Waals surface area contributed by atoms with Crippen LogP contribution in [0.3, 0.4) is 0 Å². The van der Waals surface area contributed by atoms with Gasteiger partial charge in [-0.3, -0.25) is 4.79 Å². The van der Waals surface area contributed by atoms with Crippen LogP contribution in [-0.4, -0.2) is 12.5 Å². The first-order valence-corrected chi connectivity index (χ1v) is 6.90.